The summed E-state index contributed by atoms with van der Waals surface area (Å²) in [7, 11) is 1.64. The highest BCUT2D eigenvalue weighted by Gasteiger charge is 2.25. The van der Waals surface area contributed by atoms with Gasteiger partial charge >= 0.3 is 0 Å². The number of piperidine rings is 1. The maximum Gasteiger partial charge on any atom is 0.233 e. The Morgan fingerprint density at radius 1 is 1.23 bits per heavy atom. The number of likely N-dealkylation sites (tertiary alicyclic amines) is 1. The van der Waals surface area contributed by atoms with Crippen molar-refractivity contribution in [3.05, 3.63) is 29.8 Å². The van der Waals surface area contributed by atoms with Crippen molar-refractivity contribution in [2.45, 2.75) is 32.0 Å². The van der Waals surface area contributed by atoms with Crippen molar-refractivity contribution in [2.75, 3.05) is 26.0 Å². The van der Waals surface area contributed by atoms with Gasteiger partial charge in [0.1, 0.15) is 5.75 Å². The van der Waals surface area contributed by atoms with E-state index in [1.807, 2.05) is 29.2 Å². The number of methoxy groups -OCH3 is 1. The van der Waals surface area contributed by atoms with Gasteiger partial charge < -0.3 is 9.64 Å². The quantitative estimate of drug-likeness (QED) is 0.722. The molecule has 2 aromatic rings. The average molecular weight is 375 g/mol. The van der Waals surface area contributed by atoms with Gasteiger partial charge in [-0.3, -0.25) is 4.79 Å². The SMILES string of the molecule is COc1ccc(Cn2nnnc2SCC(=O)N2CC(C)CC(C)C2)cc1. The number of carbonyl (C=O) groups excluding carboxylic acids is 1. The number of hydrogen-bond acceptors (Lipinski definition) is 6. The van der Waals surface area contributed by atoms with E-state index < -0.39 is 0 Å². The molecule has 0 saturated carbocycles. The third kappa shape index (κ3) is 4.75. The first-order chi connectivity index (χ1) is 12.5. The van der Waals surface area contributed by atoms with Crippen LogP contribution in [0.15, 0.2) is 29.4 Å². The number of thioether (sulfide) groups is 1. The Kier molecular flexibility index (Phi) is 6.13. The molecule has 1 aliphatic rings. The number of carbonyl (C=O) groups is 1. The van der Waals surface area contributed by atoms with Gasteiger partial charge in [-0.1, -0.05) is 37.7 Å². The summed E-state index contributed by atoms with van der Waals surface area (Å²) in [6.45, 7) is 6.67. The second kappa shape index (κ2) is 8.53. The van der Waals surface area contributed by atoms with Crippen LogP contribution < -0.4 is 4.74 Å². The van der Waals surface area contributed by atoms with E-state index in [4.69, 9.17) is 4.74 Å². The van der Waals surface area contributed by atoms with Gasteiger partial charge in [0.05, 0.1) is 19.4 Å². The fourth-order valence-corrected chi connectivity index (χ4v) is 4.17. The Morgan fingerprint density at radius 3 is 2.58 bits per heavy atom. The molecule has 1 amide bonds. The standard InChI is InChI=1S/C18H25N5O2S/c1-13-8-14(2)10-22(9-13)17(24)12-26-18-19-20-21-23(18)11-15-4-6-16(25-3)7-5-15/h4-7,13-14H,8-12H2,1-3H3. The van der Waals surface area contributed by atoms with Crippen LogP contribution in [-0.4, -0.2) is 57.0 Å². The zero-order chi connectivity index (χ0) is 18.5. The molecule has 1 aromatic heterocycles. The fourth-order valence-electron chi connectivity index (χ4n) is 3.39. The molecule has 7 nitrogen and oxygen atoms in total. The summed E-state index contributed by atoms with van der Waals surface area (Å²) in [5, 5.41) is 12.5. The Balaban J connectivity index is 1.57. The zero-order valence-electron chi connectivity index (χ0n) is 15.5. The maximum absolute atomic E-state index is 12.5. The van der Waals surface area contributed by atoms with Gasteiger partial charge in [-0.05, 0) is 46.4 Å². The van der Waals surface area contributed by atoms with Gasteiger partial charge in [0, 0.05) is 13.1 Å². The van der Waals surface area contributed by atoms with E-state index in [0.717, 1.165) is 24.4 Å². The largest absolute Gasteiger partial charge is 0.497 e. The first kappa shape index (κ1) is 18.7. The summed E-state index contributed by atoms with van der Waals surface area (Å²) in [5.41, 5.74) is 1.07. The highest BCUT2D eigenvalue weighted by Crippen LogP contribution is 2.23. The molecule has 26 heavy (non-hydrogen) atoms. The lowest BCUT2D eigenvalue weighted by molar-refractivity contribution is -0.130. The topological polar surface area (TPSA) is 73.1 Å². The van der Waals surface area contributed by atoms with Crippen LogP contribution in [0.3, 0.4) is 0 Å². The minimum atomic E-state index is 0.160. The van der Waals surface area contributed by atoms with Gasteiger partial charge in [0.2, 0.25) is 11.1 Å². The highest BCUT2D eigenvalue weighted by atomic mass is 32.2. The van der Waals surface area contributed by atoms with Crippen LogP contribution in [0, 0.1) is 11.8 Å². The molecule has 1 saturated heterocycles. The lowest BCUT2D eigenvalue weighted by Gasteiger charge is -2.34. The molecule has 140 valence electrons. The van der Waals surface area contributed by atoms with Crippen molar-refractivity contribution in [2.24, 2.45) is 11.8 Å². The fraction of sp³-hybridized carbons (Fsp3) is 0.556. The zero-order valence-corrected chi connectivity index (χ0v) is 16.3. The smallest absolute Gasteiger partial charge is 0.233 e. The van der Waals surface area contributed by atoms with Crippen LogP contribution in [-0.2, 0) is 11.3 Å². The molecule has 2 atom stereocenters. The van der Waals surface area contributed by atoms with Crippen molar-refractivity contribution >= 4 is 17.7 Å². The van der Waals surface area contributed by atoms with Crippen LogP contribution in [0.1, 0.15) is 25.8 Å². The lowest BCUT2D eigenvalue weighted by atomic mass is 9.92. The van der Waals surface area contributed by atoms with Gasteiger partial charge in [-0.15, -0.1) is 5.10 Å². The number of amides is 1. The Hall–Kier alpha value is -2.09. The van der Waals surface area contributed by atoms with Crippen LogP contribution >= 0.6 is 11.8 Å². The van der Waals surface area contributed by atoms with E-state index in [-0.39, 0.29) is 5.91 Å². The number of benzene rings is 1. The number of tetrazole rings is 1. The average Bonchev–Trinajstić information content (AvgIpc) is 3.06. The van der Waals surface area contributed by atoms with Gasteiger partial charge in [-0.2, -0.15) is 0 Å². The molecule has 3 rings (SSSR count). The number of ether oxygens (including phenoxy) is 1. The molecule has 1 aliphatic heterocycles. The van der Waals surface area contributed by atoms with Crippen LogP contribution in [0.4, 0.5) is 0 Å². The molecule has 0 spiro atoms. The molecule has 0 aliphatic carbocycles. The summed E-state index contributed by atoms with van der Waals surface area (Å²) in [6.07, 6.45) is 1.19. The number of hydrogen-bond donors (Lipinski definition) is 0. The number of aromatic nitrogens is 4. The lowest BCUT2D eigenvalue weighted by Crippen LogP contribution is -2.43. The minimum Gasteiger partial charge on any atom is -0.497 e. The first-order valence-corrected chi connectivity index (χ1v) is 9.83. The van der Waals surface area contributed by atoms with E-state index in [2.05, 4.69) is 29.4 Å². The number of nitrogens with zero attached hydrogens (tertiary/aromatic N) is 5. The van der Waals surface area contributed by atoms with Gasteiger partial charge in [-0.25, -0.2) is 4.68 Å². The predicted octanol–water partition coefficient (Wildman–Crippen LogP) is 2.33. The van der Waals surface area contributed by atoms with Crippen LogP contribution in [0.2, 0.25) is 0 Å². The Labute approximate surface area is 158 Å². The van der Waals surface area contributed by atoms with Crippen LogP contribution in [0.5, 0.6) is 5.75 Å². The molecule has 2 unspecified atom stereocenters. The van der Waals surface area contributed by atoms with Gasteiger partial charge in [0.15, 0.2) is 0 Å². The molecule has 1 fully saturated rings. The molecule has 0 radical (unpaired) electrons. The summed E-state index contributed by atoms with van der Waals surface area (Å²) < 4.78 is 6.90. The van der Waals surface area contributed by atoms with Crippen molar-refractivity contribution in [1.82, 2.24) is 25.1 Å². The van der Waals surface area contributed by atoms with E-state index in [0.29, 0.717) is 29.3 Å². The normalized spacial score (nSPS) is 20.2. The van der Waals surface area contributed by atoms with Crippen LogP contribution in [0.25, 0.3) is 0 Å². The van der Waals surface area contributed by atoms with Crippen molar-refractivity contribution < 1.29 is 9.53 Å². The summed E-state index contributed by atoms with van der Waals surface area (Å²) >= 11 is 1.40. The Bertz CT molecular complexity index is 723. The number of rotatable bonds is 6. The monoisotopic (exact) mass is 375 g/mol. The third-order valence-corrected chi connectivity index (χ3v) is 5.48. The first-order valence-electron chi connectivity index (χ1n) is 8.84. The van der Waals surface area contributed by atoms with E-state index in [1.165, 1.54) is 18.2 Å². The molecule has 0 bridgehead atoms. The van der Waals surface area contributed by atoms with Gasteiger partial charge in [0.25, 0.3) is 0 Å². The predicted molar refractivity (Wildman–Crippen MR) is 100 cm³/mol. The molecular weight excluding hydrogens is 350 g/mol. The molecular formula is C18H25N5O2S. The molecule has 8 heteroatoms. The van der Waals surface area contributed by atoms with E-state index in [9.17, 15) is 4.79 Å². The second-order valence-corrected chi connectivity index (χ2v) is 7.94. The van der Waals surface area contributed by atoms with Crippen molar-refractivity contribution in [1.29, 1.82) is 0 Å². The second-order valence-electron chi connectivity index (χ2n) is 7.00. The van der Waals surface area contributed by atoms with Crippen molar-refractivity contribution in [3.63, 3.8) is 0 Å². The van der Waals surface area contributed by atoms with E-state index >= 15 is 0 Å². The highest BCUT2D eigenvalue weighted by molar-refractivity contribution is 7.99. The summed E-state index contributed by atoms with van der Waals surface area (Å²) in [4.78, 5) is 14.5. The van der Waals surface area contributed by atoms with Crippen molar-refractivity contribution in [3.8, 4) is 5.75 Å². The van der Waals surface area contributed by atoms with E-state index in [1.54, 1.807) is 11.8 Å². The summed E-state index contributed by atoms with van der Waals surface area (Å²) in [5.74, 6) is 2.46. The summed E-state index contributed by atoms with van der Waals surface area (Å²) in [6, 6.07) is 7.79. The molecule has 2 heterocycles. The molecule has 1 aromatic carbocycles. The maximum atomic E-state index is 12.5. The third-order valence-electron chi connectivity index (χ3n) is 4.54. The minimum absolute atomic E-state index is 0.160. The Morgan fingerprint density at radius 2 is 1.92 bits per heavy atom. The molecule has 0 N–H and O–H groups in total.